The molecule has 19 heavy (non-hydrogen) atoms. The Labute approximate surface area is 114 Å². The first-order chi connectivity index (χ1) is 9.09. The second kappa shape index (κ2) is 6.19. The van der Waals surface area contributed by atoms with E-state index in [0.29, 0.717) is 6.54 Å². The number of carbonyl (C=O) groups is 1. The molecule has 0 spiro atoms. The zero-order valence-electron chi connectivity index (χ0n) is 12.0. The third kappa shape index (κ3) is 3.35. The third-order valence-corrected chi connectivity index (χ3v) is 3.79. The number of carbonyl (C=O) groups excluding carboxylic acids is 1. The Morgan fingerprint density at radius 3 is 2.63 bits per heavy atom. The fourth-order valence-electron chi connectivity index (χ4n) is 2.71. The summed E-state index contributed by atoms with van der Waals surface area (Å²) in [5.41, 5.74) is 1.95. The summed E-state index contributed by atoms with van der Waals surface area (Å²) in [6.45, 7) is 8.05. The van der Waals surface area contributed by atoms with Gasteiger partial charge in [-0.25, -0.2) is 0 Å². The van der Waals surface area contributed by atoms with Crippen LogP contribution < -0.4 is 5.32 Å². The molecule has 0 aliphatic carbocycles. The van der Waals surface area contributed by atoms with Gasteiger partial charge >= 0.3 is 0 Å². The van der Waals surface area contributed by atoms with E-state index in [2.05, 4.69) is 10.5 Å². The van der Waals surface area contributed by atoms with Gasteiger partial charge in [0.15, 0.2) is 0 Å². The van der Waals surface area contributed by atoms with Crippen LogP contribution in [0.4, 0.5) is 0 Å². The van der Waals surface area contributed by atoms with Gasteiger partial charge < -0.3 is 14.7 Å². The van der Waals surface area contributed by atoms with Gasteiger partial charge in [-0.15, -0.1) is 0 Å². The van der Waals surface area contributed by atoms with Crippen molar-refractivity contribution >= 4 is 5.91 Å². The minimum absolute atomic E-state index is 0.0833. The van der Waals surface area contributed by atoms with E-state index in [1.807, 2.05) is 25.7 Å². The van der Waals surface area contributed by atoms with E-state index >= 15 is 0 Å². The Kier molecular flexibility index (Phi) is 4.58. The summed E-state index contributed by atoms with van der Waals surface area (Å²) >= 11 is 0. The molecule has 5 heteroatoms. The van der Waals surface area contributed by atoms with E-state index in [9.17, 15) is 4.79 Å². The third-order valence-electron chi connectivity index (χ3n) is 3.79. The van der Waals surface area contributed by atoms with Crippen LogP contribution in [0.5, 0.6) is 0 Å². The number of nitrogens with zero attached hydrogens (tertiary/aromatic N) is 2. The van der Waals surface area contributed by atoms with E-state index in [1.165, 1.54) is 6.42 Å². The maximum atomic E-state index is 12.1. The molecular weight excluding hydrogens is 242 g/mol. The van der Waals surface area contributed by atoms with Crippen molar-refractivity contribution in [2.45, 2.75) is 46.1 Å². The maximum absolute atomic E-state index is 12.1. The highest BCUT2D eigenvalue weighted by Crippen LogP contribution is 2.20. The zero-order chi connectivity index (χ0) is 13.8. The van der Waals surface area contributed by atoms with E-state index in [4.69, 9.17) is 4.52 Å². The number of nitrogens with one attached hydrogen (secondary N) is 1. The molecule has 1 atom stereocenters. The number of hydrogen-bond acceptors (Lipinski definition) is 4. The van der Waals surface area contributed by atoms with E-state index < -0.39 is 0 Å². The molecule has 1 N–H and O–H groups in total. The summed E-state index contributed by atoms with van der Waals surface area (Å²) in [6, 6.07) is 0.0833. The van der Waals surface area contributed by atoms with Crippen molar-refractivity contribution in [3.05, 3.63) is 17.0 Å². The fraction of sp³-hybridized carbons (Fsp3) is 0.714. The summed E-state index contributed by atoms with van der Waals surface area (Å²) in [4.78, 5) is 14.0. The van der Waals surface area contributed by atoms with Gasteiger partial charge in [0.05, 0.1) is 12.2 Å². The topological polar surface area (TPSA) is 58.4 Å². The van der Waals surface area contributed by atoms with Gasteiger partial charge in [0.2, 0.25) is 5.91 Å². The van der Waals surface area contributed by atoms with Gasteiger partial charge in [-0.3, -0.25) is 4.79 Å². The Morgan fingerprint density at radius 1 is 1.37 bits per heavy atom. The van der Waals surface area contributed by atoms with Crippen LogP contribution in [0, 0.1) is 13.8 Å². The van der Waals surface area contributed by atoms with Gasteiger partial charge in [-0.1, -0.05) is 5.16 Å². The van der Waals surface area contributed by atoms with E-state index in [0.717, 1.165) is 42.9 Å². The monoisotopic (exact) mass is 265 g/mol. The van der Waals surface area contributed by atoms with Crippen LogP contribution in [-0.2, 0) is 4.79 Å². The quantitative estimate of drug-likeness (QED) is 0.904. The zero-order valence-corrected chi connectivity index (χ0v) is 12.0. The lowest BCUT2D eigenvalue weighted by Crippen LogP contribution is -2.41. The molecule has 1 fully saturated rings. The molecule has 0 saturated carbocycles. The average Bonchev–Trinajstić information content (AvgIpc) is 2.76. The average molecular weight is 265 g/mol. The fourth-order valence-corrected chi connectivity index (χ4v) is 2.71. The number of likely N-dealkylation sites (tertiary alicyclic amines) is 1. The molecule has 1 saturated heterocycles. The molecule has 5 nitrogen and oxygen atoms in total. The number of aromatic nitrogens is 1. The molecule has 1 amide bonds. The van der Waals surface area contributed by atoms with Crippen molar-refractivity contribution in [1.29, 1.82) is 0 Å². The van der Waals surface area contributed by atoms with Crippen LogP contribution in [0.25, 0.3) is 0 Å². The number of rotatable bonds is 4. The number of aryl methyl sites for hydroxylation is 2. The highest BCUT2D eigenvalue weighted by molar-refractivity contribution is 5.78. The van der Waals surface area contributed by atoms with Gasteiger partial charge in [-0.2, -0.15) is 0 Å². The van der Waals surface area contributed by atoms with Crippen LogP contribution in [0.2, 0.25) is 0 Å². The summed E-state index contributed by atoms with van der Waals surface area (Å²) < 4.78 is 5.15. The van der Waals surface area contributed by atoms with Crippen molar-refractivity contribution in [3.8, 4) is 0 Å². The molecule has 1 unspecified atom stereocenters. The predicted molar refractivity (Wildman–Crippen MR) is 72.8 cm³/mol. The van der Waals surface area contributed by atoms with Crippen molar-refractivity contribution in [2.24, 2.45) is 0 Å². The molecule has 1 aliphatic rings. The number of hydrogen-bond donors (Lipinski definition) is 1. The van der Waals surface area contributed by atoms with Crippen LogP contribution in [0.15, 0.2) is 4.52 Å². The predicted octanol–water partition coefficient (Wildman–Crippen LogP) is 1.95. The van der Waals surface area contributed by atoms with Crippen LogP contribution in [0.1, 0.15) is 49.2 Å². The van der Waals surface area contributed by atoms with Gasteiger partial charge in [0, 0.05) is 24.7 Å². The molecule has 2 rings (SSSR count). The van der Waals surface area contributed by atoms with E-state index in [-0.39, 0.29) is 11.9 Å². The van der Waals surface area contributed by atoms with E-state index in [1.54, 1.807) is 0 Å². The first-order valence-corrected chi connectivity index (χ1v) is 7.03. The smallest absolute Gasteiger partial charge is 0.236 e. The van der Waals surface area contributed by atoms with Crippen molar-refractivity contribution in [2.75, 3.05) is 19.6 Å². The Bertz CT molecular complexity index is 416. The Balaban J connectivity index is 1.86. The van der Waals surface area contributed by atoms with Crippen molar-refractivity contribution in [1.82, 2.24) is 15.4 Å². The maximum Gasteiger partial charge on any atom is 0.236 e. The molecular formula is C14H23N3O2. The van der Waals surface area contributed by atoms with Crippen LogP contribution >= 0.6 is 0 Å². The molecule has 0 bridgehead atoms. The normalized spacial score (nSPS) is 17.5. The highest BCUT2D eigenvalue weighted by atomic mass is 16.5. The second-order valence-corrected chi connectivity index (χ2v) is 5.28. The Hall–Kier alpha value is -1.36. The lowest BCUT2D eigenvalue weighted by atomic mass is 10.1. The minimum atomic E-state index is 0.0833. The van der Waals surface area contributed by atoms with Crippen molar-refractivity contribution in [3.63, 3.8) is 0 Å². The molecule has 1 aliphatic heterocycles. The first-order valence-electron chi connectivity index (χ1n) is 7.03. The van der Waals surface area contributed by atoms with Crippen LogP contribution in [0.3, 0.4) is 0 Å². The molecule has 0 radical (unpaired) electrons. The Morgan fingerprint density at radius 2 is 2.05 bits per heavy atom. The number of amides is 1. The molecule has 106 valence electrons. The lowest BCUT2D eigenvalue weighted by molar-refractivity contribution is -0.131. The molecule has 1 aromatic heterocycles. The standard InChI is InChI=1S/C14H23N3O2/c1-10(14-11(2)16-19-12(14)3)15-9-13(18)17-7-5-4-6-8-17/h10,15H,4-9H2,1-3H3. The summed E-state index contributed by atoms with van der Waals surface area (Å²) in [5, 5.41) is 7.22. The van der Waals surface area contributed by atoms with Gasteiger partial charge in [0.1, 0.15) is 5.76 Å². The highest BCUT2D eigenvalue weighted by Gasteiger charge is 2.19. The first kappa shape index (κ1) is 14.1. The largest absolute Gasteiger partial charge is 0.361 e. The summed E-state index contributed by atoms with van der Waals surface area (Å²) in [7, 11) is 0. The van der Waals surface area contributed by atoms with Crippen LogP contribution in [-0.4, -0.2) is 35.6 Å². The summed E-state index contributed by atoms with van der Waals surface area (Å²) in [5.74, 6) is 1.02. The van der Waals surface area contributed by atoms with Gasteiger partial charge in [0.25, 0.3) is 0 Å². The number of piperidine rings is 1. The summed E-state index contributed by atoms with van der Waals surface area (Å²) in [6.07, 6.45) is 3.50. The minimum Gasteiger partial charge on any atom is -0.361 e. The van der Waals surface area contributed by atoms with Gasteiger partial charge in [-0.05, 0) is 40.0 Å². The second-order valence-electron chi connectivity index (χ2n) is 5.28. The van der Waals surface area contributed by atoms with Crippen molar-refractivity contribution < 1.29 is 9.32 Å². The lowest BCUT2D eigenvalue weighted by Gasteiger charge is -2.27. The molecule has 1 aromatic rings. The molecule has 0 aromatic carbocycles. The molecule has 2 heterocycles. The SMILES string of the molecule is Cc1noc(C)c1C(C)NCC(=O)N1CCCCC1.